The van der Waals surface area contributed by atoms with Crippen molar-refractivity contribution in [1.82, 2.24) is 4.57 Å². The van der Waals surface area contributed by atoms with E-state index in [-0.39, 0.29) is 0 Å². The Hall–Kier alpha value is -6.64. The van der Waals surface area contributed by atoms with E-state index in [1.807, 2.05) is 6.07 Å². The molecule has 2 aliphatic rings. The number of hydrogen-bond acceptors (Lipinski definition) is 1. The van der Waals surface area contributed by atoms with E-state index in [1.54, 1.807) is 0 Å². The fraction of sp³-hybridized carbons (Fsp3) is 0.0204. The summed E-state index contributed by atoms with van der Waals surface area (Å²) in [5.74, 6) is 0. The topological polar surface area (TPSA) is 18.1 Å². The third-order valence-electron chi connectivity index (χ3n) is 11.6. The van der Waals surface area contributed by atoms with Gasteiger partial charge in [-0.3, -0.25) is 0 Å². The van der Waals surface area contributed by atoms with Crippen LogP contribution in [-0.2, 0) is 5.41 Å². The van der Waals surface area contributed by atoms with Crippen LogP contribution in [0, 0.1) is 0 Å². The van der Waals surface area contributed by atoms with Crippen LogP contribution in [-0.4, -0.2) is 4.57 Å². The Balaban J connectivity index is 1.17. The number of furan rings is 1. The van der Waals surface area contributed by atoms with Crippen LogP contribution in [0.4, 0.5) is 0 Å². The molecule has 2 heteroatoms. The van der Waals surface area contributed by atoms with Crippen LogP contribution in [0.1, 0.15) is 22.3 Å². The third-order valence-corrected chi connectivity index (χ3v) is 11.6. The molecule has 0 aliphatic heterocycles. The number of hydrogen-bond donors (Lipinski definition) is 0. The number of para-hydroxylation sites is 3. The molecule has 0 unspecified atom stereocenters. The predicted octanol–water partition coefficient (Wildman–Crippen LogP) is 12.7. The zero-order chi connectivity index (χ0) is 33.3. The summed E-state index contributed by atoms with van der Waals surface area (Å²) < 4.78 is 8.96. The van der Waals surface area contributed by atoms with Gasteiger partial charge in [-0.25, -0.2) is 0 Å². The van der Waals surface area contributed by atoms with Crippen LogP contribution < -0.4 is 0 Å². The van der Waals surface area contributed by atoms with Crippen LogP contribution >= 0.6 is 0 Å². The summed E-state index contributed by atoms with van der Waals surface area (Å²) in [5, 5.41) is 4.83. The molecule has 2 nitrogen and oxygen atoms in total. The van der Waals surface area contributed by atoms with Crippen molar-refractivity contribution in [2.24, 2.45) is 0 Å². The minimum absolute atomic E-state index is 0.443. The van der Waals surface area contributed by atoms with E-state index in [1.165, 1.54) is 66.3 Å². The maximum absolute atomic E-state index is 6.44. The van der Waals surface area contributed by atoms with Crippen molar-refractivity contribution in [1.29, 1.82) is 0 Å². The molecule has 10 aromatic rings. The van der Waals surface area contributed by atoms with Crippen molar-refractivity contribution in [3.63, 3.8) is 0 Å². The highest BCUT2D eigenvalue weighted by atomic mass is 16.3. The summed E-state index contributed by atoms with van der Waals surface area (Å²) in [6, 6.07) is 64.7. The molecule has 0 saturated carbocycles. The Labute approximate surface area is 294 Å². The Bertz CT molecular complexity index is 3020. The molecule has 2 aromatic heterocycles. The highest BCUT2D eigenvalue weighted by Gasteiger charge is 2.53. The van der Waals surface area contributed by atoms with Crippen molar-refractivity contribution in [2.45, 2.75) is 5.41 Å². The summed E-state index contributed by atoms with van der Waals surface area (Å²) in [4.78, 5) is 0. The van der Waals surface area contributed by atoms with Gasteiger partial charge in [0.2, 0.25) is 0 Å². The van der Waals surface area contributed by atoms with Gasteiger partial charge < -0.3 is 8.98 Å². The predicted molar refractivity (Wildman–Crippen MR) is 210 cm³/mol. The SMILES string of the molecule is c1ccc2c(c1)-c1ccccc1C21c2ccccc2-c2ccc3c4ccccc4n(-c4ccc(-c5cccc6c5oc5ccccc56)cc4)c3c21. The minimum Gasteiger partial charge on any atom is -0.455 e. The van der Waals surface area contributed by atoms with Gasteiger partial charge in [-0.1, -0.05) is 152 Å². The van der Waals surface area contributed by atoms with Crippen LogP contribution in [0.2, 0.25) is 0 Å². The molecule has 2 aliphatic carbocycles. The average molecular weight is 648 g/mol. The van der Waals surface area contributed by atoms with E-state index < -0.39 is 5.41 Å². The van der Waals surface area contributed by atoms with Gasteiger partial charge in [-0.2, -0.15) is 0 Å². The highest BCUT2D eigenvalue weighted by molar-refractivity contribution is 6.15. The normalized spacial score (nSPS) is 13.6. The number of benzene rings is 8. The van der Waals surface area contributed by atoms with E-state index in [2.05, 4.69) is 174 Å². The van der Waals surface area contributed by atoms with E-state index in [4.69, 9.17) is 4.42 Å². The second-order valence-electron chi connectivity index (χ2n) is 14.0. The molecule has 0 amide bonds. The third kappa shape index (κ3) is 3.32. The van der Waals surface area contributed by atoms with Gasteiger partial charge in [0.25, 0.3) is 0 Å². The van der Waals surface area contributed by atoms with Gasteiger partial charge in [-0.05, 0) is 68.8 Å². The number of fused-ring (bicyclic) bond motifs is 17. The number of nitrogens with zero attached hydrogens (tertiary/aromatic N) is 1. The zero-order valence-corrected chi connectivity index (χ0v) is 27.6. The van der Waals surface area contributed by atoms with Crippen molar-refractivity contribution >= 4 is 43.7 Å². The number of rotatable bonds is 2. The first-order chi connectivity index (χ1) is 25.3. The van der Waals surface area contributed by atoms with Gasteiger partial charge in [0.05, 0.1) is 16.4 Å². The minimum atomic E-state index is -0.443. The molecule has 0 saturated heterocycles. The monoisotopic (exact) mass is 647 g/mol. The van der Waals surface area contributed by atoms with Crippen molar-refractivity contribution in [3.8, 4) is 39.1 Å². The average Bonchev–Trinajstić information content (AvgIpc) is 3.92. The molecule has 1 spiro atoms. The zero-order valence-electron chi connectivity index (χ0n) is 27.6. The molecular formula is C49H29NO. The molecule has 0 N–H and O–H groups in total. The van der Waals surface area contributed by atoms with Gasteiger partial charge in [0.1, 0.15) is 11.2 Å². The van der Waals surface area contributed by atoms with E-state index in [9.17, 15) is 0 Å². The van der Waals surface area contributed by atoms with Gasteiger partial charge in [0.15, 0.2) is 0 Å². The van der Waals surface area contributed by atoms with E-state index in [0.717, 1.165) is 38.8 Å². The molecule has 0 radical (unpaired) electrons. The fourth-order valence-electron chi connectivity index (χ4n) is 9.67. The first-order valence-electron chi connectivity index (χ1n) is 17.7. The Morgan fingerprint density at radius 1 is 0.392 bits per heavy atom. The van der Waals surface area contributed by atoms with Gasteiger partial charge in [-0.15, -0.1) is 0 Å². The molecular weight excluding hydrogens is 619 g/mol. The van der Waals surface area contributed by atoms with Crippen molar-refractivity contribution in [3.05, 3.63) is 198 Å². The molecule has 12 rings (SSSR count). The Morgan fingerprint density at radius 3 is 1.69 bits per heavy atom. The first-order valence-corrected chi connectivity index (χ1v) is 17.7. The summed E-state index contributed by atoms with van der Waals surface area (Å²) in [5.41, 5.74) is 18.0. The standard InChI is InChI=1S/C49H29NO/c1-6-19-41-33(12-1)34-13-2-7-20-42(34)49(41)43-21-8-3-14-35(43)38-28-29-39-36-15-4-9-22-44(36)50(47(39)46(38)49)31-26-24-30(25-27-31)32-17-11-18-40-37-16-5-10-23-45(37)51-48(32)40/h1-29H. The largest absolute Gasteiger partial charge is 0.455 e. The molecule has 51 heavy (non-hydrogen) atoms. The molecule has 0 atom stereocenters. The van der Waals surface area contributed by atoms with Crippen LogP contribution in [0.25, 0.3) is 82.8 Å². The van der Waals surface area contributed by atoms with Gasteiger partial charge >= 0.3 is 0 Å². The van der Waals surface area contributed by atoms with Crippen molar-refractivity contribution < 1.29 is 4.42 Å². The summed E-state index contributed by atoms with van der Waals surface area (Å²) in [7, 11) is 0. The number of aromatic nitrogens is 1. The maximum Gasteiger partial charge on any atom is 0.143 e. The van der Waals surface area contributed by atoms with E-state index >= 15 is 0 Å². The van der Waals surface area contributed by atoms with Crippen molar-refractivity contribution in [2.75, 3.05) is 0 Å². The molecule has 2 heterocycles. The summed E-state index contributed by atoms with van der Waals surface area (Å²) in [6.45, 7) is 0. The van der Waals surface area contributed by atoms with Gasteiger partial charge in [0, 0.05) is 38.4 Å². The fourth-order valence-corrected chi connectivity index (χ4v) is 9.67. The second kappa shape index (κ2) is 9.74. The molecule has 8 aromatic carbocycles. The quantitative estimate of drug-likeness (QED) is 0.183. The lowest BCUT2D eigenvalue weighted by Crippen LogP contribution is -2.26. The molecule has 0 bridgehead atoms. The van der Waals surface area contributed by atoms with E-state index in [0.29, 0.717) is 0 Å². The second-order valence-corrected chi connectivity index (χ2v) is 14.0. The smallest absolute Gasteiger partial charge is 0.143 e. The lowest BCUT2D eigenvalue weighted by atomic mass is 9.70. The summed E-state index contributed by atoms with van der Waals surface area (Å²) in [6.07, 6.45) is 0. The van der Waals surface area contributed by atoms with Crippen LogP contribution in [0.5, 0.6) is 0 Å². The first kappa shape index (κ1) is 27.2. The molecule has 236 valence electrons. The van der Waals surface area contributed by atoms with Crippen LogP contribution in [0.15, 0.2) is 180 Å². The highest BCUT2D eigenvalue weighted by Crippen LogP contribution is 2.64. The Morgan fingerprint density at radius 2 is 0.961 bits per heavy atom. The summed E-state index contributed by atoms with van der Waals surface area (Å²) >= 11 is 0. The lowest BCUT2D eigenvalue weighted by Gasteiger charge is -2.31. The lowest BCUT2D eigenvalue weighted by molar-refractivity contribution is 0.670. The molecule has 0 fully saturated rings. The Kier molecular flexibility index (Phi) is 5.20. The van der Waals surface area contributed by atoms with Crippen LogP contribution in [0.3, 0.4) is 0 Å². The maximum atomic E-state index is 6.44.